The Labute approximate surface area is 183 Å². The Morgan fingerprint density at radius 2 is 1.93 bits per heavy atom. The molecule has 3 N–H and O–H groups in total. The molecule has 3 aromatic rings. The number of carbonyl (C=O) groups is 2. The molecule has 1 unspecified atom stereocenters. The second kappa shape index (κ2) is 9.65. The Balaban J connectivity index is 1.71. The van der Waals surface area contributed by atoms with E-state index < -0.39 is 18.0 Å². The molecule has 0 radical (unpaired) electrons. The van der Waals surface area contributed by atoms with Crippen LogP contribution >= 0.6 is 23.2 Å². The second-order valence-electron chi connectivity index (χ2n) is 6.44. The van der Waals surface area contributed by atoms with E-state index in [1.165, 1.54) is 0 Å². The number of nitrogens with two attached hydrogens (primary N) is 1. The highest BCUT2D eigenvalue weighted by atomic mass is 35.5. The molecule has 0 saturated carbocycles. The number of fused-ring (bicyclic) bond motifs is 1. The van der Waals surface area contributed by atoms with Crippen molar-refractivity contribution in [3.05, 3.63) is 69.8 Å². The fourth-order valence-corrected chi connectivity index (χ4v) is 3.41. The van der Waals surface area contributed by atoms with E-state index in [1.54, 1.807) is 49.6 Å². The number of nitrogens with zero attached hydrogens (tertiary/aromatic N) is 1. The third kappa shape index (κ3) is 5.31. The number of pyridine rings is 1. The molecule has 0 saturated heterocycles. The van der Waals surface area contributed by atoms with Crippen LogP contribution in [-0.4, -0.2) is 24.1 Å². The van der Waals surface area contributed by atoms with Crippen molar-refractivity contribution in [3.8, 4) is 5.75 Å². The van der Waals surface area contributed by atoms with Gasteiger partial charge in [0.1, 0.15) is 17.5 Å². The smallest absolute Gasteiger partial charge is 0.312 e. The van der Waals surface area contributed by atoms with E-state index in [2.05, 4.69) is 10.3 Å². The molecule has 30 heavy (non-hydrogen) atoms. The minimum absolute atomic E-state index is 0.0710. The van der Waals surface area contributed by atoms with Crippen LogP contribution in [0, 0.1) is 0 Å². The standard InChI is InChI=1S/C21H19Cl2N3O4/c1-29-14-7-6-12-8-13(20(23)25-17(12)9-14)11-30-19(27)10-18(26-21(24)28)15-4-2-3-5-16(15)22/h2-9,18H,10-11H2,1H3,(H3,24,26,28). The van der Waals surface area contributed by atoms with Gasteiger partial charge < -0.3 is 20.5 Å². The molecule has 156 valence electrons. The zero-order chi connectivity index (χ0) is 21.7. The summed E-state index contributed by atoms with van der Waals surface area (Å²) in [6.07, 6.45) is -0.150. The lowest BCUT2D eigenvalue weighted by molar-refractivity contribution is -0.145. The first-order valence-electron chi connectivity index (χ1n) is 8.96. The molecule has 0 aliphatic heterocycles. The van der Waals surface area contributed by atoms with Crippen molar-refractivity contribution >= 4 is 46.1 Å². The molecular weight excluding hydrogens is 429 g/mol. The van der Waals surface area contributed by atoms with Crippen LogP contribution in [-0.2, 0) is 16.1 Å². The van der Waals surface area contributed by atoms with Gasteiger partial charge in [-0.1, -0.05) is 41.4 Å². The maximum atomic E-state index is 12.4. The number of ether oxygens (including phenoxy) is 2. The molecule has 9 heteroatoms. The van der Waals surface area contributed by atoms with Crippen LogP contribution in [0.15, 0.2) is 48.5 Å². The number of benzene rings is 2. The van der Waals surface area contributed by atoms with E-state index in [0.29, 0.717) is 27.4 Å². The lowest BCUT2D eigenvalue weighted by Crippen LogP contribution is -2.34. The van der Waals surface area contributed by atoms with Crippen LogP contribution < -0.4 is 15.8 Å². The number of hydrogen-bond donors (Lipinski definition) is 2. The van der Waals surface area contributed by atoms with Gasteiger partial charge in [0, 0.05) is 22.0 Å². The number of methoxy groups -OCH3 is 1. The van der Waals surface area contributed by atoms with Crippen molar-refractivity contribution < 1.29 is 19.1 Å². The zero-order valence-corrected chi connectivity index (χ0v) is 17.5. The SMILES string of the molecule is COc1ccc2cc(COC(=O)CC(NC(N)=O)c3ccccc3Cl)c(Cl)nc2c1. The summed E-state index contributed by atoms with van der Waals surface area (Å²) in [5.41, 5.74) is 7.02. The van der Waals surface area contributed by atoms with Crippen LogP contribution in [0.4, 0.5) is 4.79 Å². The van der Waals surface area contributed by atoms with Crippen molar-refractivity contribution in [2.45, 2.75) is 19.1 Å². The molecule has 7 nitrogen and oxygen atoms in total. The number of rotatable bonds is 7. The fourth-order valence-electron chi connectivity index (χ4n) is 2.95. The quantitative estimate of drug-likeness (QED) is 0.412. The lowest BCUT2D eigenvalue weighted by atomic mass is 10.0. The third-order valence-corrected chi connectivity index (χ3v) is 5.08. The minimum atomic E-state index is -0.773. The van der Waals surface area contributed by atoms with Gasteiger partial charge in [0.2, 0.25) is 0 Å². The highest BCUT2D eigenvalue weighted by molar-refractivity contribution is 6.31. The Morgan fingerprint density at radius 3 is 2.63 bits per heavy atom. The normalized spacial score (nSPS) is 11.7. The first-order valence-corrected chi connectivity index (χ1v) is 9.72. The Morgan fingerprint density at radius 1 is 1.17 bits per heavy atom. The highest BCUT2D eigenvalue weighted by Gasteiger charge is 2.21. The summed E-state index contributed by atoms with van der Waals surface area (Å²) in [7, 11) is 1.57. The number of amides is 2. The molecule has 3 rings (SSSR count). The molecule has 1 atom stereocenters. The van der Waals surface area contributed by atoms with E-state index in [-0.39, 0.29) is 18.2 Å². The molecule has 0 spiro atoms. The summed E-state index contributed by atoms with van der Waals surface area (Å²) in [6.45, 7) is -0.0710. The molecule has 2 aromatic carbocycles. The molecule has 2 amide bonds. The van der Waals surface area contributed by atoms with Gasteiger partial charge in [0.15, 0.2) is 0 Å². The molecule has 0 fully saturated rings. The molecule has 0 bridgehead atoms. The van der Waals surface area contributed by atoms with Crippen LogP contribution in [0.2, 0.25) is 10.2 Å². The van der Waals surface area contributed by atoms with E-state index in [0.717, 1.165) is 5.39 Å². The summed E-state index contributed by atoms with van der Waals surface area (Å²) in [4.78, 5) is 28.1. The molecule has 0 aliphatic carbocycles. The molecule has 1 aromatic heterocycles. The van der Waals surface area contributed by atoms with Crippen LogP contribution in [0.3, 0.4) is 0 Å². The van der Waals surface area contributed by atoms with Gasteiger partial charge in [-0.2, -0.15) is 0 Å². The lowest BCUT2D eigenvalue weighted by Gasteiger charge is -2.18. The van der Waals surface area contributed by atoms with Gasteiger partial charge >= 0.3 is 12.0 Å². The second-order valence-corrected chi connectivity index (χ2v) is 7.21. The average Bonchev–Trinajstić information content (AvgIpc) is 2.71. The first-order chi connectivity index (χ1) is 14.4. The summed E-state index contributed by atoms with van der Waals surface area (Å²) in [5, 5.41) is 3.97. The maximum absolute atomic E-state index is 12.4. The minimum Gasteiger partial charge on any atom is -0.497 e. The van der Waals surface area contributed by atoms with Gasteiger partial charge in [-0.25, -0.2) is 9.78 Å². The van der Waals surface area contributed by atoms with E-state index in [4.69, 9.17) is 38.4 Å². The molecule has 0 aliphatic rings. The number of carbonyl (C=O) groups excluding carboxylic acids is 2. The van der Waals surface area contributed by atoms with Crippen molar-refractivity contribution in [2.75, 3.05) is 7.11 Å². The number of aromatic nitrogens is 1. The van der Waals surface area contributed by atoms with Gasteiger partial charge in [-0.3, -0.25) is 4.79 Å². The zero-order valence-electron chi connectivity index (χ0n) is 16.0. The average molecular weight is 448 g/mol. The van der Waals surface area contributed by atoms with E-state index >= 15 is 0 Å². The Bertz CT molecular complexity index is 1090. The number of urea groups is 1. The van der Waals surface area contributed by atoms with Crippen molar-refractivity contribution in [2.24, 2.45) is 5.73 Å². The van der Waals surface area contributed by atoms with Crippen molar-refractivity contribution in [3.63, 3.8) is 0 Å². The number of esters is 1. The number of nitrogens with one attached hydrogen (secondary N) is 1. The fraction of sp³-hybridized carbons (Fsp3) is 0.190. The topological polar surface area (TPSA) is 104 Å². The van der Waals surface area contributed by atoms with Crippen molar-refractivity contribution in [1.82, 2.24) is 10.3 Å². The number of halogens is 2. The number of primary amides is 1. The molecular formula is C21H19Cl2N3O4. The van der Waals surface area contributed by atoms with Gasteiger partial charge in [-0.05, 0) is 29.8 Å². The highest BCUT2D eigenvalue weighted by Crippen LogP contribution is 2.27. The van der Waals surface area contributed by atoms with Gasteiger partial charge in [0.05, 0.1) is 25.1 Å². The Hall–Kier alpha value is -3.03. The Kier molecular flexibility index (Phi) is 6.97. The van der Waals surface area contributed by atoms with Crippen LogP contribution in [0.25, 0.3) is 10.9 Å². The largest absolute Gasteiger partial charge is 0.497 e. The predicted octanol–water partition coefficient (Wildman–Crippen LogP) is 4.39. The number of hydrogen-bond acceptors (Lipinski definition) is 5. The van der Waals surface area contributed by atoms with Crippen LogP contribution in [0.1, 0.15) is 23.6 Å². The summed E-state index contributed by atoms with van der Waals surface area (Å²) < 4.78 is 10.5. The van der Waals surface area contributed by atoms with Gasteiger partial charge in [0.25, 0.3) is 0 Å². The maximum Gasteiger partial charge on any atom is 0.312 e. The van der Waals surface area contributed by atoms with Crippen molar-refractivity contribution in [1.29, 1.82) is 0 Å². The molecule has 1 heterocycles. The predicted molar refractivity (Wildman–Crippen MR) is 115 cm³/mol. The first kappa shape index (κ1) is 21.7. The summed E-state index contributed by atoms with van der Waals surface area (Å²) >= 11 is 12.4. The third-order valence-electron chi connectivity index (χ3n) is 4.41. The van der Waals surface area contributed by atoms with E-state index in [1.807, 2.05) is 6.07 Å². The van der Waals surface area contributed by atoms with Crippen LogP contribution in [0.5, 0.6) is 5.75 Å². The summed E-state index contributed by atoms with van der Waals surface area (Å²) in [6, 6.07) is 12.6. The van der Waals surface area contributed by atoms with E-state index in [9.17, 15) is 9.59 Å². The van der Waals surface area contributed by atoms with Gasteiger partial charge in [-0.15, -0.1) is 0 Å². The summed E-state index contributed by atoms with van der Waals surface area (Å²) in [5.74, 6) is 0.109. The monoisotopic (exact) mass is 447 g/mol.